The van der Waals surface area contributed by atoms with Gasteiger partial charge in [-0.05, 0) is 38.5 Å². The van der Waals surface area contributed by atoms with Crippen molar-refractivity contribution in [2.24, 2.45) is 5.92 Å². The van der Waals surface area contributed by atoms with Crippen LogP contribution in [-0.4, -0.2) is 25.2 Å². The Kier molecular flexibility index (Phi) is 8.76. The van der Waals surface area contributed by atoms with Gasteiger partial charge in [-0.25, -0.2) is 4.79 Å². The van der Waals surface area contributed by atoms with Crippen molar-refractivity contribution in [2.45, 2.75) is 57.8 Å². The summed E-state index contributed by atoms with van der Waals surface area (Å²) in [6.07, 6.45) is 10.4. The van der Waals surface area contributed by atoms with E-state index in [0.29, 0.717) is 13.2 Å². The molecule has 20 heavy (non-hydrogen) atoms. The van der Waals surface area contributed by atoms with Crippen molar-refractivity contribution >= 4 is 11.9 Å². The Labute approximate surface area is 121 Å². The smallest absolute Gasteiger partial charge is 0.330 e. The molecule has 0 spiro atoms. The first-order valence-electron chi connectivity index (χ1n) is 7.70. The van der Waals surface area contributed by atoms with E-state index in [1.807, 2.05) is 0 Å². The summed E-state index contributed by atoms with van der Waals surface area (Å²) in [5, 5.41) is 0. The maximum Gasteiger partial charge on any atom is 0.330 e. The average Bonchev–Trinajstić information content (AvgIpc) is 2.50. The summed E-state index contributed by atoms with van der Waals surface area (Å²) < 4.78 is 10.2. The fourth-order valence-electron chi connectivity index (χ4n) is 2.42. The van der Waals surface area contributed by atoms with E-state index < -0.39 is 0 Å². The van der Waals surface area contributed by atoms with Gasteiger partial charge in [0, 0.05) is 6.08 Å². The molecular weight excluding hydrogens is 256 g/mol. The van der Waals surface area contributed by atoms with Gasteiger partial charge in [-0.1, -0.05) is 25.8 Å². The van der Waals surface area contributed by atoms with Crippen LogP contribution >= 0.6 is 0 Å². The maximum absolute atomic E-state index is 11.8. The number of hydrogen-bond acceptors (Lipinski definition) is 4. The second-order valence-electron chi connectivity index (χ2n) is 5.29. The lowest BCUT2D eigenvalue weighted by atomic mass is 9.89. The lowest BCUT2D eigenvalue weighted by Crippen LogP contribution is -2.20. The lowest BCUT2D eigenvalue weighted by molar-refractivity contribution is -0.149. The van der Waals surface area contributed by atoms with Crippen molar-refractivity contribution in [3.8, 4) is 0 Å². The molecule has 0 aliphatic heterocycles. The Hall–Kier alpha value is -1.32. The second kappa shape index (κ2) is 10.5. The number of unbranched alkanes of at least 4 members (excludes halogenated alkanes) is 3. The Bertz CT molecular complexity index is 306. The van der Waals surface area contributed by atoms with E-state index in [-0.39, 0.29) is 17.9 Å². The molecule has 0 saturated heterocycles. The normalized spacial score (nSPS) is 15.6. The molecule has 0 aromatic carbocycles. The van der Waals surface area contributed by atoms with E-state index >= 15 is 0 Å². The average molecular weight is 282 g/mol. The van der Waals surface area contributed by atoms with Gasteiger partial charge in [0.2, 0.25) is 0 Å². The number of hydrogen-bond donors (Lipinski definition) is 0. The van der Waals surface area contributed by atoms with E-state index in [1.165, 1.54) is 12.5 Å². The van der Waals surface area contributed by atoms with Crippen LogP contribution in [0.15, 0.2) is 12.7 Å². The van der Waals surface area contributed by atoms with E-state index in [0.717, 1.165) is 51.4 Å². The van der Waals surface area contributed by atoms with Crippen LogP contribution in [0, 0.1) is 5.92 Å². The largest absolute Gasteiger partial charge is 0.465 e. The topological polar surface area (TPSA) is 52.6 Å². The first kappa shape index (κ1) is 16.7. The highest BCUT2D eigenvalue weighted by Gasteiger charge is 2.21. The summed E-state index contributed by atoms with van der Waals surface area (Å²) in [6.45, 7) is 4.28. The molecule has 1 aliphatic carbocycles. The molecule has 0 atom stereocenters. The Morgan fingerprint density at radius 2 is 1.55 bits per heavy atom. The predicted molar refractivity (Wildman–Crippen MR) is 77.2 cm³/mol. The molecule has 0 amide bonds. The monoisotopic (exact) mass is 282 g/mol. The molecule has 1 aliphatic rings. The van der Waals surface area contributed by atoms with Crippen LogP contribution in [0.1, 0.15) is 57.8 Å². The fraction of sp³-hybridized carbons (Fsp3) is 0.750. The van der Waals surface area contributed by atoms with Gasteiger partial charge in [-0.3, -0.25) is 4.79 Å². The zero-order valence-corrected chi connectivity index (χ0v) is 12.3. The third-order valence-electron chi connectivity index (χ3n) is 3.63. The van der Waals surface area contributed by atoms with Gasteiger partial charge in [0.15, 0.2) is 0 Å². The molecule has 4 heteroatoms. The number of ether oxygens (including phenoxy) is 2. The summed E-state index contributed by atoms with van der Waals surface area (Å²) >= 11 is 0. The van der Waals surface area contributed by atoms with E-state index in [2.05, 4.69) is 6.58 Å². The summed E-state index contributed by atoms with van der Waals surface area (Å²) in [5.74, 6) is -0.238. The standard InChI is InChI=1S/C16H26O4/c1-2-15(17)19-12-8-3-4-9-13-20-16(18)14-10-6-5-7-11-14/h2,14H,1,3-13H2. The minimum Gasteiger partial charge on any atom is -0.465 e. The lowest BCUT2D eigenvalue weighted by Gasteiger charge is -2.19. The molecule has 114 valence electrons. The van der Waals surface area contributed by atoms with Crippen molar-refractivity contribution in [2.75, 3.05) is 13.2 Å². The molecular formula is C16H26O4. The zero-order valence-electron chi connectivity index (χ0n) is 12.3. The SMILES string of the molecule is C=CC(=O)OCCCCCCOC(=O)C1CCCCC1. The highest BCUT2D eigenvalue weighted by atomic mass is 16.5. The van der Waals surface area contributed by atoms with Crippen molar-refractivity contribution in [3.63, 3.8) is 0 Å². The summed E-state index contributed by atoms with van der Waals surface area (Å²) in [4.78, 5) is 22.5. The van der Waals surface area contributed by atoms with Crippen LogP contribution in [0.25, 0.3) is 0 Å². The zero-order chi connectivity index (χ0) is 14.6. The van der Waals surface area contributed by atoms with E-state index in [9.17, 15) is 9.59 Å². The molecule has 1 saturated carbocycles. The van der Waals surface area contributed by atoms with Gasteiger partial charge in [0.05, 0.1) is 19.1 Å². The van der Waals surface area contributed by atoms with Crippen LogP contribution < -0.4 is 0 Å². The summed E-state index contributed by atoms with van der Waals surface area (Å²) in [6, 6.07) is 0. The third-order valence-corrected chi connectivity index (χ3v) is 3.63. The van der Waals surface area contributed by atoms with Crippen molar-refractivity contribution in [1.82, 2.24) is 0 Å². The molecule has 0 N–H and O–H groups in total. The number of rotatable bonds is 9. The molecule has 0 bridgehead atoms. The molecule has 0 aromatic heterocycles. The van der Waals surface area contributed by atoms with E-state index in [1.54, 1.807) is 0 Å². The fourth-order valence-corrected chi connectivity index (χ4v) is 2.42. The summed E-state index contributed by atoms with van der Waals surface area (Å²) in [5.41, 5.74) is 0. The predicted octanol–water partition coefficient (Wildman–Crippen LogP) is 3.40. The first-order valence-corrected chi connectivity index (χ1v) is 7.70. The van der Waals surface area contributed by atoms with Crippen LogP contribution in [0.5, 0.6) is 0 Å². The Morgan fingerprint density at radius 1 is 0.950 bits per heavy atom. The highest BCUT2D eigenvalue weighted by Crippen LogP contribution is 2.24. The minimum absolute atomic E-state index is 0.00962. The highest BCUT2D eigenvalue weighted by molar-refractivity contribution is 5.81. The quantitative estimate of drug-likeness (QED) is 0.369. The van der Waals surface area contributed by atoms with Gasteiger partial charge in [-0.2, -0.15) is 0 Å². The number of esters is 2. The van der Waals surface area contributed by atoms with Gasteiger partial charge >= 0.3 is 11.9 Å². The molecule has 0 aromatic rings. The van der Waals surface area contributed by atoms with Crippen LogP contribution in [0.4, 0.5) is 0 Å². The third kappa shape index (κ3) is 7.31. The van der Waals surface area contributed by atoms with Crippen molar-refractivity contribution in [1.29, 1.82) is 0 Å². The first-order chi connectivity index (χ1) is 9.74. The van der Waals surface area contributed by atoms with Gasteiger partial charge < -0.3 is 9.47 Å². The molecule has 0 radical (unpaired) electrons. The van der Waals surface area contributed by atoms with Crippen molar-refractivity contribution in [3.05, 3.63) is 12.7 Å². The van der Waals surface area contributed by atoms with Crippen LogP contribution in [0.2, 0.25) is 0 Å². The van der Waals surface area contributed by atoms with Gasteiger partial charge in [0.1, 0.15) is 0 Å². The number of carbonyl (C=O) groups is 2. The molecule has 1 rings (SSSR count). The molecule has 0 unspecified atom stereocenters. The second-order valence-corrected chi connectivity index (χ2v) is 5.29. The van der Waals surface area contributed by atoms with Gasteiger partial charge in [0.25, 0.3) is 0 Å². The maximum atomic E-state index is 11.8. The van der Waals surface area contributed by atoms with Gasteiger partial charge in [-0.15, -0.1) is 0 Å². The number of carbonyl (C=O) groups excluding carboxylic acids is 2. The Morgan fingerprint density at radius 3 is 2.15 bits per heavy atom. The van der Waals surface area contributed by atoms with Crippen LogP contribution in [0.3, 0.4) is 0 Å². The molecule has 4 nitrogen and oxygen atoms in total. The minimum atomic E-state index is -0.369. The van der Waals surface area contributed by atoms with E-state index in [4.69, 9.17) is 9.47 Å². The van der Waals surface area contributed by atoms with Crippen molar-refractivity contribution < 1.29 is 19.1 Å². The molecule has 1 fully saturated rings. The molecule has 0 heterocycles. The summed E-state index contributed by atoms with van der Waals surface area (Å²) in [7, 11) is 0. The Balaban J connectivity index is 1.90. The van der Waals surface area contributed by atoms with Crippen LogP contribution in [-0.2, 0) is 19.1 Å².